The molecule has 2 aliphatic rings. The molecule has 0 unspecified atom stereocenters. The van der Waals surface area contributed by atoms with Gasteiger partial charge in [-0.25, -0.2) is 13.2 Å². The van der Waals surface area contributed by atoms with E-state index >= 15 is 0 Å². The summed E-state index contributed by atoms with van der Waals surface area (Å²) in [5.41, 5.74) is 0.766. The molecule has 3 atom stereocenters. The zero-order valence-electron chi connectivity index (χ0n) is 16.4. The summed E-state index contributed by atoms with van der Waals surface area (Å²) in [6.07, 6.45) is 1.13. The SMILES string of the molecule is CC1(C)[C@H](NC(=O)Nc2cccc(S(=O)(=O)Nc3ccccc3)c2)[C@H]2CCO[C@H]21. The lowest BCUT2D eigenvalue weighted by molar-refractivity contribution is -0.107. The number of amides is 2. The molecule has 29 heavy (non-hydrogen) atoms. The van der Waals surface area contributed by atoms with Gasteiger partial charge in [0.25, 0.3) is 10.0 Å². The first-order chi connectivity index (χ1) is 13.8. The van der Waals surface area contributed by atoms with E-state index in [4.69, 9.17) is 4.74 Å². The summed E-state index contributed by atoms with van der Waals surface area (Å²) in [4.78, 5) is 12.6. The third-order valence-corrected chi connectivity index (χ3v) is 7.19. The zero-order chi connectivity index (χ0) is 20.6. The highest BCUT2D eigenvalue weighted by Crippen LogP contribution is 2.52. The monoisotopic (exact) mass is 415 g/mol. The first kappa shape index (κ1) is 19.7. The van der Waals surface area contributed by atoms with Crippen molar-refractivity contribution in [2.45, 2.75) is 37.3 Å². The maximum absolute atomic E-state index is 12.6. The van der Waals surface area contributed by atoms with Crippen LogP contribution in [0.1, 0.15) is 20.3 Å². The number of rotatable bonds is 5. The molecule has 2 amide bonds. The van der Waals surface area contributed by atoms with E-state index in [0.717, 1.165) is 13.0 Å². The highest BCUT2D eigenvalue weighted by molar-refractivity contribution is 7.92. The van der Waals surface area contributed by atoms with Gasteiger partial charge >= 0.3 is 6.03 Å². The van der Waals surface area contributed by atoms with Crippen molar-refractivity contribution in [3.63, 3.8) is 0 Å². The van der Waals surface area contributed by atoms with Crippen molar-refractivity contribution in [2.75, 3.05) is 16.6 Å². The molecule has 0 radical (unpaired) electrons. The minimum absolute atomic E-state index is 0.0293. The number of carbonyl (C=O) groups excluding carboxylic acids is 1. The summed E-state index contributed by atoms with van der Waals surface area (Å²) in [7, 11) is -3.76. The van der Waals surface area contributed by atoms with Gasteiger partial charge in [0, 0.05) is 35.4 Å². The van der Waals surface area contributed by atoms with Crippen molar-refractivity contribution in [1.82, 2.24) is 5.32 Å². The van der Waals surface area contributed by atoms with Crippen LogP contribution in [-0.2, 0) is 14.8 Å². The van der Waals surface area contributed by atoms with Gasteiger partial charge in [-0.1, -0.05) is 38.1 Å². The van der Waals surface area contributed by atoms with Crippen molar-refractivity contribution in [1.29, 1.82) is 0 Å². The second-order valence-corrected chi connectivity index (χ2v) is 9.82. The van der Waals surface area contributed by atoms with Crippen LogP contribution in [0, 0.1) is 11.3 Å². The fraction of sp³-hybridized carbons (Fsp3) is 0.381. The standard InChI is InChI=1S/C21H25N3O4S/c1-21(2)18(17-11-12-28-19(17)21)23-20(25)22-15-9-6-10-16(13-15)29(26,27)24-14-7-4-3-5-8-14/h3-10,13,17-19,24H,11-12H2,1-2H3,(H2,22,23,25)/t17-,18-,19-/m1/s1. The molecule has 0 spiro atoms. The smallest absolute Gasteiger partial charge is 0.319 e. The van der Waals surface area contributed by atoms with E-state index < -0.39 is 10.0 Å². The van der Waals surface area contributed by atoms with Crippen LogP contribution in [0.3, 0.4) is 0 Å². The molecule has 8 heteroatoms. The Morgan fingerprint density at radius 2 is 1.79 bits per heavy atom. The predicted molar refractivity (Wildman–Crippen MR) is 111 cm³/mol. The number of hydrogen-bond donors (Lipinski definition) is 3. The van der Waals surface area contributed by atoms with Gasteiger partial charge in [0.15, 0.2) is 0 Å². The van der Waals surface area contributed by atoms with E-state index in [9.17, 15) is 13.2 Å². The summed E-state index contributed by atoms with van der Waals surface area (Å²) >= 11 is 0. The van der Waals surface area contributed by atoms with E-state index in [-0.39, 0.29) is 28.5 Å². The molecule has 2 aromatic rings. The van der Waals surface area contributed by atoms with Crippen LogP contribution >= 0.6 is 0 Å². The Labute approximate surface area is 170 Å². The number of ether oxygens (including phenoxy) is 1. The second kappa shape index (κ2) is 7.35. The quantitative estimate of drug-likeness (QED) is 0.697. The zero-order valence-corrected chi connectivity index (χ0v) is 17.2. The molecule has 1 heterocycles. The van der Waals surface area contributed by atoms with E-state index in [1.54, 1.807) is 36.4 Å². The Balaban J connectivity index is 1.43. The van der Waals surface area contributed by atoms with Gasteiger partial charge in [0.2, 0.25) is 0 Å². The topological polar surface area (TPSA) is 96.5 Å². The Kier molecular flexibility index (Phi) is 5.00. The fourth-order valence-corrected chi connectivity index (χ4v) is 5.49. The van der Waals surface area contributed by atoms with Crippen LogP contribution in [-0.4, -0.2) is 33.2 Å². The summed E-state index contributed by atoms with van der Waals surface area (Å²) in [6.45, 7) is 4.91. The number of sulfonamides is 1. The van der Waals surface area contributed by atoms with E-state index in [2.05, 4.69) is 29.2 Å². The van der Waals surface area contributed by atoms with Crippen molar-refractivity contribution in [2.24, 2.45) is 11.3 Å². The number of anilines is 2. The van der Waals surface area contributed by atoms with Crippen molar-refractivity contribution in [3.8, 4) is 0 Å². The minimum atomic E-state index is -3.76. The molecule has 0 bridgehead atoms. The first-order valence-corrected chi connectivity index (χ1v) is 11.1. The van der Waals surface area contributed by atoms with Gasteiger partial charge in [0.05, 0.1) is 11.0 Å². The van der Waals surface area contributed by atoms with Crippen LogP contribution < -0.4 is 15.4 Å². The van der Waals surface area contributed by atoms with Gasteiger partial charge < -0.3 is 15.4 Å². The van der Waals surface area contributed by atoms with E-state index in [1.807, 2.05) is 6.07 Å². The number of fused-ring (bicyclic) bond motifs is 1. The molecule has 4 rings (SSSR count). The first-order valence-electron chi connectivity index (χ1n) is 9.64. The van der Waals surface area contributed by atoms with Gasteiger partial charge in [-0.2, -0.15) is 0 Å². The molecule has 1 aliphatic heterocycles. The van der Waals surface area contributed by atoms with Gasteiger partial charge in [-0.05, 0) is 36.8 Å². The van der Waals surface area contributed by atoms with Crippen molar-refractivity contribution < 1.29 is 17.9 Å². The van der Waals surface area contributed by atoms with E-state index in [1.165, 1.54) is 12.1 Å². The van der Waals surface area contributed by atoms with Gasteiger partial charge in [-0.3, -0.25) is 4.72 Å². The average molecular weight is 416 g/mol. The van der Waals surface area contributed by atoms with Gasteiger partial charge in [-0.15, -0.1) is 0 Å². The lowest BCUT2D eigenvalue weighted by Crippen LogP contribution is -2.67. The van der Waals surface area contributed by atoms with Crippen LogP contribution in [0.2, 0.25) is 0 Å². The van der Waals surface area contributed by atoms with Crippen molar-refractivity contribution in [3.05, 3.63) is 54.6 Å². The molecule has 7 nitrogen and oxygen atoms in total. The largest absolute Gasteiger partial charge is 0.377 e. The lowest BCUT2D eigenvalue weighted by atomic mass is 9.57. The molecular formula is C21H25N3O4S. The van der Waals surface area contributed by atoms with E-state index in [0.29, 0.717) is 17.3 Å². The number of benzene rings is 2. The summed E-state index contributed by atoms with van der Waals surface area (Å²) in [5, 5.41) is 5.78. The van der Waals surface area contributed by atoms with Crippen LogP contribution in [0.4, 0.5) is 16.2 Å². The number of hydrogen-bond acceptors (Lipinski definition) is 4. The maximum Gasteiger partial charge on any atom is 0.319 e. The number of urea groups is 1. The van der Waals surface area contributed by atoms with Crippen LogP contribution in [0.25, 0.3) is 0 Å². The van der Waals surface area contributed by atoms with Gasteiger partial charge in [0.1, 0.15) is 0 Å². The Bertz CT molecular complexity index is 1010. The highest BCUT2D eigenvalue weighted by Gasteiger charge is 2.59. The summed E-state index contributed by atoms with van der Waals surface area (Å²) in [5.74, 6) is 0.331. The van der Waals surface area contributed by atoms with Crippen LogP contribution in [0.15, 0.2) is 59.5 Å². The second-order valence-electron chi connectivity index (χ2n) is 8.14. The molecule has 0 aromatic heterocycles. The third kappa shape index (κ3) is 3.82. The lowest BCUT2D eigenvalue weighted by Gasteiger charge is -2.54. The maximum atomic E-state index is 12.6. The number of carbonyl (C=O) groups is 1. The Hall–Kier alpha value is -2.58. The molecule has 1 saturated heterocycles. The molecule has 1 aliphatic carbocycles. The fourth-order valence-electron chi connectivity index (χ4n) is 4.39. The molecule has 1 saturated carbocycles. The molecule has 154 valence electrons. The molecular weight excluding hydrogens is 390 g/mol. The average Bonchev–Trinajstić information content (AvgIpc) is 3.14. The number of nitrogens with one attached hydrogen (secondary N) is 3. The molecule has 2 aromatic carbocycles. The molecule has 3 N–H and O–H groups in total. The van der Waals surface area contributed by atoms with Crippen molar-refractivity contribution >= 4 is 27.4 Å². The highest BCUT2D eigenvalue weighted by atomic mass is 32.2. The molecule has 2 fully saturated rings. The third-order valence-electron chi connectivity index (χ3n) is 5.82. The Morgan fingerprint density at radius 1 is 1.07 bits per heavy atom. The predicted octanol–water partition coefficient (Wildman–Crippen LogP) is 3.42. The van der Waals surface area contributed by atoms with Crippen LogP contribution in [0.5, 0.6) is 0 Å². The Morgan fingerprint density at radius 3 is 2.55 bits per heavy atom. The normalized spacial score (nSPS) is 24.8. The summed E-state index contributed by atoms with van der Waals surface area (Å²) < 4.78 is 33.5. The minimum Gasteiger partial charge on any atom is -0.377 e. The summed E-state index contributed by atoms with van der Waals surface area (Å²) in [6, 6.07) is 14.5. The number of para-hydroxylation sites is 1.